The van der Waals surface area contributed by atoms with Crippen LogP contribution in [0.2, 0.25) is 0 Å². The minimum atomic E-state index is -0.613. The van der Waals surface area contributed by atoms with Crippen molar-refractivity contribution in [2.75, 3.05) is 0 Å². The molecule has 0 fully saturated rings. The Morgan fingerprint density at radius 2 is 1.67 bits per heavy atom. The topological polar surface area (TPSA) is 55.5 Å². The van der Waals surface area contributed by atoms with Crippen LogP contribution >= 0.6 is 0 Å². The number of rotatable bonds is 4. The van der Waals surface area contributed by atoms with Gasteiger partial charge in [-0.15, -0.1) is 0 Å². The molecule has 0 bridgehead atoms. The van der Waals surface area contributed by atoms with E-state index in [9.17, 15) is 5.11 Å². The Kier molecular flexibility index (Phi) is 4.12. The molecule has 0 aliphatic heterocycles. The number of hydrogen-bond acceptors (Lipinski definition) is 3. The quantitative estimate of drug-likeness (QED) is 0.795. The molecule has 3 nitrogen and oxygen atoms in total. The Morgan fingerprint density at radius 1 is 1.13 bits per heavy atom. The fourth-order valence-electron chi connectivity index (χ4n) is 1.32. The summed E-state index contributed by atoms with van der Waals surface area (Å²) in [7, 11) is 0. The first-order chi connectivity index (χ1) is 7.00. The summed E-state index contributed by atoms with van der Waals surface area (Å²) in [6.07, 6.45) is -0.452. The van der Waals surface area contributed by atoms with E-state index in [0.717, 1.165) is 11.3 Å². The van der Waals surface area contributed by atoms with Gasteiger partial charge >= 0.3 is 0 Å². The zero-order valence-corrected chi connectivity index (χ0v) is 9.47. The lowest BCUT2D eigenvalue weighted by molar-refractivity contribution is 0.153. The van der Waals surface area contributed by atoms with Gasteiger partial charge in [0, 0.05) is 6.04 Å². The van der Waals surface area contributed by atoms with E-state index in [1.54, 1.807) is 6.92 Å². The second-order valence-corrected chi connectivity index (χ2v) is 4.04. The van der Waals surface area contributed by atoms with Crippen molar-refractivity contribution in [3.63, 3.8) is 0 Å². The smallest absolute Gasteiger partial charge is 0.119 e. The van der Waals surface area contributed by atoms with Crippen LogP contribution in [-0.2, 0) is 0 Å². The number of nitrogens with two attached hydrogens (primary N) is 1. The summed E-state index contributed by atoms with van der Waals surface area (Å²) < 4.78 is 5.50. The van der Waals surface area contributed by atoms with Crippen molar-refractivity contribution in [1.29, 1.82) is 0 Å². The third-order valence-corrected chi connectivity index (χ3v) is 2.09. The van der Waals surface area contributed by atoms with Gasteiger partial charge in [0.15, 0.2) is 0 Å². The van der Waals surface area contributed by atoms with Gasteiger partial charge < -0.3 is 15.6 Å². The Labute approximate surface area is 90.9 Å². The average Bonchev–Trinajstić information content (AvgIpc) is 2.17. The van der Waals surface area contributed by atoms with Crippen molar-refractivity contribution in [2.24, 2.45) is 5.73 Å². The van der Waals surface area contributed by atoms with Crippen LogP contribution in [0.25, 0.3) is 0 Å². The zero-order chi connectivity index (χ0) is 11.4. The minimum absolute atomic E-state index is 0.161. The number of benzene rings is 1. The first-order valence-corrected chi connectivity index (χ1v) is 5.21. The monoisotopic (exact) mass is 209 g/mol. The van der Waals surface area contributed by atoms with Gasteiger partial charge in [-0.05, 0) is 38.5 Å². The minimum Gasteiger partial charge on any atom is -0.491 e. The standard InChI is InChI=1S/C12H19NO2/c1-8(2)15-11-6-4-10(5-7-11)12(14)9(3)13/h4-9,12,14H,13H2,1-3H3. The predicted molar refractivity (Wildman–Crippen MR) is 60.8 cm³/mol. The van der Waals surface area contributed by atoms with E-state index < -0.39 is 6.10 Å². The molecule has 0 amide bonds. The fraction of sp³-hybridized carbons (Fsp3) is 0.500. The summed E-state index contributed by atoms with van der Waals surface area (Å²) in [4.78, 5) is 0. The summed E-state index contributed by atoms with van der Waals surface area (Å²) >= 11 is 0. The van der Waals surface area contributed by atoms with Crippen molar-refractivity contribution in [3.8, 4) is 5.75 Å². The van der Waals surface area contributed by atoms with Gasteiger partial charge in [-0.1, -0.05) is 12.1 Å². The molecule has 0 saturated heterocycles. The van der Waals surface area contributed by atoms with Crippen LogP contribution in [0.1, 0.15) is 32.4 Å². The van der Waals surface area contributed by atoms with E-state index in [1.807, 2.05) is 38.1 Å². The Bertz CT molecular complexity index is 293. The average molecular weight is 209 g/mol. The van der Waals surface area contributed by atoms with Gasteiger partial charge in [0.2, 0.25) is 0 Å². The number of ether oxygens (including phenoxy) is 1. The largest absolute Gasteiger partial charge is 0.491 e. The lowest BCUT2D eigenvalue weighted by Crippen LogP contribution is -2.24. The third kappa shape index (κ3) is 3.53. The van der Waals surface area contributed by atoms with Gasteiger partial charge in [-0.25, -0.2) is 0 Å². The fourth-order valence-corrected chi connectivity index (χ4v) is 1.32. The second-order valence-electron chi connectivity index (χ2n) is 4.04. The van der Waals surface area contributed by atoms with Crippen LogP contribution in [0.3, 0.4) is 0 Å². The van der Waals surface area contributed by atoms with Crippen molar-refractivity contribution in [1.82, 2.24) is 0 Å². The Hall–Kier alpha value is -1.06. The molecular formula is C12H19NO2. The van der Waals surface area contributed by atoms with Crippen molar-refractivity contribution in [3.05, 3.63) is 29.8 Å². The second kappa shape index (κ2) is 5.14. The van der Waals surface area contributed by atoms with E-state index in [0.29, 0.717) is 0 Å². The molecule has 1 rings (SSSR count). The van der Waals surface area contributed by atoms with Gasteiger partial charge in [0.05, 0.1) is 12.2 Å². The number of aliphatic hydroxyl groups is 1. The van der Waals surface area contributed by atoms with Gasteiger partial charge in [-0.2, -0.15) is 0 Å². The maximum absolute atomic E-state index is 9.70. The van der Waals surface area contributed by atoms with Gasteiger partial charge in [-0.3, -0.25) is 0 Å². The predicted octanol–water partition coefficient (Wildman–Crippen LogP) is 1.85. The molecule has 1 aromatic carbocycles. The molecule has 2 atom stereocenters. The summed E-state index contributed by atoms with van der Waals surface area (Å²) in [5, 5.41) is 9.70. The van der Waals surface area contributed by atoms with Crippen LogP contribution in [-0.4, -0.2) is 17.3 Å². The molecule has 84 valence electrons. The molecule has 0 aliphatic carbocycles. The maximum Gasteiger partial charge on any atom is 0.119 e. The summed E-state index contributed by atoms with van der Waals surface area (Å²) in [6.45, 7) is 5.73. The Morgan fingerprint density at radius 3 is 2.07 bits per heavy atom. The highest BCUT2D eigenvalue weighted by Crippen LogP contribution is 2.20. The highest BCUT2D eigenvalue weighted by Gasteiger charge is 2.11. The molecule has 1 aromatic rings. The van der Waals surface area contributed by atoms with E-state index in [-0.39, 0.29) is 12.1 Å². The number of aliphatic hydroxyl groups excluding tert-OH is 1. The van der Waals surface area contributed by atoms with E-state index in [2.05, 4.69) is 0 Å². The van der Waals surface area contributed by atoms with E-state index in [1.165, 1.54) is 0 Å². The zero-order valence-electron chi connectivity index (χ0n) is 9.47. The summed E-state index contributed by atoms with van der Waals surface area (Å²) in [5.74, 6) is 0.811. The SMILES string of the molecule is CC(C)Oc1ccc(C(O)C(C)N)cc1. The van der Waals surface area contributed by atoms with E-state index >= 15 is 0 Å². The maximum atomic E-state index is 9.70. The molecule has 0 radical (unpaired) electrons. The van der Waals surface area contributed by atoms with Crippen molar-refractivity contribution >= 4 is 0 Å². The molecule has 0 heterocycles. The summed E-state index contributed by atoms with van der Waals surface area (Å²) in [5.41, 5.74) is 6.43. The number of hydrogen-bond donors (Lipinski definition) is 2. The van der Waals surface area contributed by atoms with E-state index in [4.69, 9.17) is 10.5 Å². The van der Waals surface area contributed by atoms with Crippen LogP contribution in [0, 0.1) is 0 Å². The van der Waals surface area contributed by atoms with Crippen molar-refractivity contribution < 1.29 is 9.84 Å². The van der Waals surface area contributed by atoms with Crippen molar-refractivity contribution in [2.45, 2.75) is 39.0 Å². The highest BCUT2D eigenvalue weighted by atomic mass is 16.5. The highest BCUT2D eigenvalue weighted by molar-refractivity contribution is 5.29. The normalized spacial score (nSPS) is 15.1. The first kappa shape index (κ1) is 12.0. The molecular weight excluding hydrogens is 190 g/mol. The molecule has 2 unspecified atom stereocenters. The molecule has 15 heavy (non-hydrogen) atoms. The Balaban J connectivity index is 2.72. The lowest BCUT2D eigenvalue weighted by atomic mass is 10.0. The van der Waals surface area contributed by atoms with Gasteiger partial charge in [0.25, 0.3) is 0 Å². The molecule has 0 aromatic heterocycles. The molecule has 3 N–H and O–H groups in total. The molecule has 0 spiro atoms. The lowest BCUT2D eigenvalue weighted by Gasteiger charge is -2.15. The first-order valence-electron chi connectivity index (χ1n) is 5.21. The summed E-state index contributed by atoms with van der Waals surface area (Å²) in [6, 6.07) is 7.11. The molecule has 0 aliphatic rings. The molecule has 0 saturated carbocycles. The van der Waals surface area contributed by atoms with Crippen LogP contribution in [0.5, 0.6) is 5.75 Å². The molecule has 3 heteroatoms. The van der Waals surface area contributed by atoms with Gasteiger partial charge in [0.1, 0.15) is 5.75 Å². The van der Waals surface area contributed by atoms with Crippen LogP contribution in [0.15, 0.2) is 24.3 Å². The van der Waals surface area contributed by atoms with Crippen LogP contribution < -0.4 is 10.5 Å². The third-order valence-electron chi connectivity index (χ3n) is 2.09. The van der Waals surface area contributed by atoms with Crippen LogP contribution in [0.4, 0.5) is 0 Å².